The second-order valence-corrected chi connectivity index (χ2v) is 11.3. The molecule has 0 radical (unpaired) electrons. The van der Waals surface area contributed by atoms with Crippen LogP contribution < -0.4 is 14.5 Å². The number of nitrogens with zero attached hydrogens (tertiary/aromatic N) is 5. The Hall–Kier alpha value is -6.13. The van der Waals surface area contributed by atoms with Crippen LogP contribution in [0, 0.1) is 0 Å². The molecule has 0 aliphatic rings. The molecule has 0 fully saturated rings. The summed E-state index contributed by atoms with van der Waals surface area (Å²) in [7, 11) is 2.68. The lowest BCUT2D eigenvalue weighted by Gasteiger charge is -2.20. The first-order valence-corrected chi connectivity index (χ1v) is 15.9. The second kappa shape index (κ2) is 17.1. The van der Waals surface area contributed by atoms with Gasteiger partial charge in [0.2, 0.25) is 11.8 Å². The van der Waals surface area contributed by atoms with E-state index in [1.165, 1.54) is 50.7 Å². The van der Waals surface area contributed by atoms with E-state index in [0.29, 0.717) is 22.2 Å². The van der Waals surface area contributed by atoms with Crippen molar-refractivity contribution in [3.05, 3.63) is 143 Å². The summed E-state index contributed by atoms with van der Waals surface area (Å²) in [6.07, 6.45) is -6.52. The molecule has 2 heterocycles. The zero-order valence-corrected chi connectivity index (χ0v) is 28.9. The van der Waals surface area contributed by atoms with Crippen LogP contribution in [0.15, 0.2) is 122 Å². The first-order valence-electron chi connectivity index (χ1n) is 15.6. The fourth-order valence-electron chi connectivity index (χ4n) is 4.66. The largest absolute Gasteiger partial charge is 0.472 e. The van der Waals surface area contributed by atoms with E-state index in [1.807, 2.05) is 24.3 Å². The Morgan fingerprint density at radius 2 is 1.50 bits per heavy atom. The second-order valence-electron chi connectivity index (χ2n) is 10.9. The van der Waals surface area contributed by atoms with Gasteiger partial charge >= 0.3 is 18.4 Å². The summed E-state index contributed by atoms with van der Waals surface area (Å²) < 4.78 is 93.6. The normalized spacial score (nSPS) is 11.3. The Morgan fingerprint density at radius 1 is 0.796 bits per heavy atom. The maximum Gasteiger partial charge on any atom is 0.438 e. The molecule has 0 saturated heterocycles. The van der Waals surface area contributed by atoms with Gasteiger partial charge in [-0.1, -0.05) is 48.0 Å². The van der Waals surface area contributed by atoms with Crippen molar-refractivity contribution in [3.8, 4) is 34.6 Å². The van der Waals surface area contributed by atoms with Crippen LogP contribution in [0.5, 0.6) is 17.5 Å². The van der Waals surface area contributed by atoms with Gasteiger partial charge < -0.3 is 14.2 Å². The number of halogens is 7. The van der Waals surface area contributed by atoms with Crippen LogP contribution in [0.25, 0.3) is 17.1 Å². The molecule has 10 nitrogen and oxygen atoms in total. The van der Waals surface area contributed by atoms with Crippen molar-refractivity contribution in [2.45, 2.75) is 19.0 Å². The predicted octanol–water partition coefficient (Wildman–Crippen LogP) is 10.2. The smallest absolute Gasteiger partial charge is 0.438 e. The van der Waals surface area contributed by atoms with E-state index in [1.54, 1.807) is 41.2 Å². The lowest BCUT2D eigenvalue weighted by atomic mass is 10.1. The fraction of sp³-hybridized carbons (Fsp3) is 0.135. The molecule has 280 valence electrons. The van der Waals surface area contributed by atoms with E-state index in [2.05, 4.69) is 15.1 Å². The molecule has 0 N–H and O–H groups in total. The number of ether oxygens (including phenoxy) is 3. The summed E-state index contributed by atoms with van der Waals surface area (Å²) >= 11 is 5.91. The number of para-hydroxylation sites is 1. The monoisotopic (exact) mass is 771 g/mol. The third-order valence-corrected chi connectivity index (χ3v) is 7.50. The molecule has 17 heteroatoms. The molecule has 0 spiro atoms. The number of anilines is 1. The number of rotatable bonds is 9. The van der Waals surface area contributed by atoms with Crippen molar-refractivity contribution >= 4 is 23.4 Å². The third-order valence-electron chi connectivity index (χ3n) is 7.25. The first kappa shape index (κ1) is 39.1. The maximum atomic E-state index is 12.7. The minimum atomic E-state index is -4.52. The highest BCUT2D eigenvalue weighted by Crippen LogP contribution is 2.33. The number of benzene rings is 4. The zero-order chi connectivity index (χ0) is 38.9. The number of hydrogen-bond donors (Lipinski definition) is 0. The molecule has 2 aromatic heterocycles. The number of amides is 1. The lowest BCUT2D eigenvalue weighted by molar-refractivity contribution is -0.138. The first-order chi connectivity index (χ1) is 25.7. The van der Waals surface area contributed by atoms with Gasteiger partial charge in [0.15, 0.2) is 5.82 Å². The van der Waals surface area contributed by atoms with E-state index in [9.17, 15) is 31.1 Å². The predicted molar refractivity (Wildman–Crippen MR) is 185 cm³/mol. The van der Waals surface area contributed by atoms with E-state index in [0.717, 1.165) is 40.6 Å². The highest BCUT2D eigenvalue weighted by Gasteiger charge is 2.31. The summed E-state index contributed by atoms with van der Waals surface area (Å²) in [4.78, 5) is 25.0. The van der Waals surface area contributed by atoms with Crippen molar-refractivity contribution in [3.63, 3.8) is 0 Å². The summed E-state index contributed by atoms with van der Waals surface area (Å²) in [6, 6.07) is 26.0. The molecule has 1 amide bonds. The molecular weight excluding hydrogens is 744 g/mol. The van der Waals surface area contributed by atoms with Gasteiger partial charge in [0, 0.05) is 40.7 Å². The van der Waals surface area contributed by atoms with Crippen molar-refractivity contribution in [1.82, 2.24) is 19.7 Å². The number of aromatic nitrogens is 4. The molecular formula is C37H28ClF6N5O5. The molecule has 54 heavy (non-hydrogen) atoms. The van der Waals surface area contributed by atoms with Crippen LogP contribution in [-0.2, 0) is 28.5 Å². The molecule has 0 atom stereocenters. The highest BCUT2D eigenvalue weighted by molar-refractivity contribution is 6.30. The van der Waals surface area contributed by atoms with Gasteiger partial charge in [-0.25, -0.2) is 14.5 Å². The van der Waals surface area contributed by atoms with Crippen LogP contribution in [0.3, 0.4) is 0 Å². The Labute approximate surface area is 309 Å². The molecule has 6 rings (SSSR count). The standard InChI is InChI=1S/C19H18ClN3O4.C18H10F6N2O/c1-25-19(24)23(26-2)17-6-4-3-5-14(17)13-27-18-11-12-22(21-18)16-9-7-15(20)8-10-16;19-17(20,21)12-6-4-11(5-7-12)16-25-9-8-15(26-16)27-14-3-1-2-13(10-14)18(22,23)24/h3-12H,13H2,1-2H3;1-10H. The fourth-order valence-corrected chi connectivity index (χ4v) is 4.79. The lowest BCUT2D eigenvalue weighted by Crippen LogP contribution is -2.30. The van der Waals surface area contributed by atoms with Crippen LogP contribution in [0.2, 0.25) is 5.02 Å². The van der Waals surface area contributed by atoms with Gasteiger partial charge in [-0.15, -0.1) is 5.10 Å². The van der Waals surface area contributed by atoms with Gasteiger partial charge in [0.1, 0.15) is 12.4 Å². The Balaban J connectivity index is 0.000000208. The van der Waals surface area contributed by atoms with Crippen molar-refractivity contribution in [2.24, 2.45) is 0 Å². The van der Waals surface area contributed by atoms with Crippen LogP contribution in [0.1, 0.15) is 16.7 Å². The third kappa shape index (κ3) is 10.3. The van der Waals surface area contributed by atoms with Gasteiger partial charge in [0.05, 0.1) is 36.7 Å². The summed E-state index contributed by atoms with van der Waals surface area (Å²) in [5.74, 6) is 0.399. The summed E-state index contributed by atoms with van der Waals surface area (Å²) in [6.45, 7) is 0.199. The molecule has 0 unspecified atom stereocenters. The van der Waals surface area contributed by atoms with Crippen molar-refractivity contribution < 1.29 is 50.2 Å². The number of alkyl halides is 6. The Bertz CT molecular complexity index is 2160. The van der Waals surface area contributed by atoms with Crippen LogP contribution in [-0.4, -0.2) is 40.1 Å². The minimum Gasteiger partial charge on any atom is -0.472 e. The van der Waals surface area contributed by atoms with E-state index < -0.39 is 29.6 Å². The molecule has 6 aromatic rings. The summed E-state index contributed by atoms with van der Waals surface area (Å²) in [5, 5.41) is 6.11. The highest BCUT2D eigenvalue weighted by atomic mass is 35.5. The molecule has 0 aliphatic carbocycles. The van der Waals surface area contributed by atoms with Gasteiger partial charge in [-0.2, -0.15) is 36.4 Å². The average molecular weight is 772 g/mol. The van der Waals surface area contributed by atoms with Gasteiger partial charge in [-0.3, -0.25) is 4.84 Å². The minimum absolute atomic E-state index is 0.0424. The van der Waals surface area contributed by atoms with E-state index in [4.69, 9.17) is 30.6 Å². The average Bonchev–Trinajstić information content (AvgIpc) is 3.64. The molecule has 0 bridgehead atoms. The number of carbonyl (C=O) groups is 1. The Morgan fingerprint density at radius 3 is 2.17 bits per heavy atom. The zero-order valence-electron chi connectivity index (χ0n) is 28.2. The van der Waals surface area contributed by atoms with Crippen LogP contribution >= 0.6 is 11.6 Å². The Kier molecular flexibility index (Phi) is 12.4. The topological polar surface area (TPSA) is 101 Å². The number of hydrogen-bond acceptors (Lipinski definition) is 8. The molecule has 0 saturated carbocycles. The molecule has 4 aromatic carbocycles. The quantitative estimate of drug-likeness (QED) is 0.106. The number of methoxy groups -OCH3 is 1. The van der Waals surface area contributed by atoms with E-state index >= 15 is 0 Å². The number of hydroxylamine groups is 1. The summed E-state index contributed by atoms with van der Waals surface area (Å²) in [5.41, 5.74) is 0.748. The SMILES string of the molecule is COC(=O)N(OC)c1ccccc1COc1ccn(-c2ccc(Cl)cc2)n1.FC(F)(F)c1ccc(-c2nccc(Oc3cccc(C(F)(F)F)c3)n2)cc1. The van der Waals surface area contributed by atoms with Gasteiger partial charge in [-0.05, 0) is 60.7 Å². The van der Waals surface area contributed by atoms with Gasteiger partial charge in [0.25, 0.3) is 0 Å². The van der Waals surface area contributed by atoms with Crippen LogP contribution in [0.4, 0.5) is 36.8 Å². The maximum absolute atomic E-state index is 12.7. The number of carbonyl (C=O) groups excluding carboxylic acids is 1. The van der Waals surface area contributed by atoms with E-state index in [-0.39, 0.29) is 24.1 Å². The van der Waals surface area contributed by atoms with Crippen molar-refractivity contribution in [1.29, 1.82) is 0 Å². The van der Waals surface area contributed by atoms with Crippen molar-refractivity contribution in [2.75, 3.05) is 19.3 Å². The molecule has 0 aliphatic heterocycles.